The molecule has 0 saturated heterocycles. The van der Waals surface area contributed by atoms with Crippen LogP contribution in [0.3, 0.4) is 0 Å². The van der Waals surface area contributed by atoms with Gasteiger partial charge in [-0.2, -0.15) is 57.1 Å². The van der Waals surface area contributed by atoms with Crippen molar-refractivity contribution in [2.75, 3.05) is 0 Å². The molecule has 14 heteroatoms. The molecule has 0 fully saturated rings. The molecule has 0 spiro atoms. The predicted molar refractivity (Wildman–Crippen MR) is 96.9 cm³/mol. The second-order valence-corrected chi connectivity index (χ2v) is 7.31. The monoisotopic (exact) mass is 523 g/mol. The molecule has 0 bridgehead atoms. The van der Waals surface area contributed by atoms with E-state index in [2.05, 4.69) is 4.98 Å². The molecule has 3 aromatic rings. The number of pyridine rings is 1. The molecule has 35 heavy (non-hydrogen) atoms. The van der Waals surface area contributed by atoms with E-state index in [9.17, 15) is 57.1 Å². The summed E-state index contributed by atoms with van der Waals surface area (Å²) in [6.07, 6.45) is -7.47. The Kier molecular flexibility index (Phi) is 6.05. The molecule has 1 heterocycles. The van der Waals surface area contributed by atoms with Crippen LogP contribution in [0.4, 0.5) is 57.1 Å². The highest BCUT2D eigenvalue weighted by Gasteiger charge is 2.91. The normalized spacial score (nSPS) is 14.4. The first kappa shape index (κ1) is 26.5. The van der Waals surface area contributed by atoms with Crippen molar-refractivity contribution < 1.29 is 57.1 Å². The van der Waals surface area contributed by atoms with Gasteiger partial charge >= 0.3 is 35.8 Å². The van der Waals surface area contributed by atoms with Gasteiger partial charge in [-0.3, -0.25) is 0 Å². The second-order valence-electron chi connectivity index (χ2n) is 7.31. The van der Waals surface area contributed by atoms with Crippen molar-refractivity contribution in [3.8, 4) is 11.1 Å². The largest absolute Gasteiger partial charge is 0.460 e. The molecule has 3 rings (SSSR count). The summed E-state index contributed by atoms with van der Waals surface area (Å²) in [6.45, 7) is 0. The number of alkyl halides is 13. The summed E-state index contributed by atoms with van der Waals surface area (Å²) in [4.78, 5) is 3.09. The van der Waals surface area contributed by atoms with Crippen LogP contribution in [0, 0.1) is 0 Å². The number of halogens is 13. The maximum absolute atomic E-state index is 14.7. The summed E-state index contributed by atoms with van der Waals surface area (Å²) in [6, 6.07) is 11.7. The van der Waals surface area contributed by atoms with E-state index in [1.807, 2.05) is 0 Å². The fraction of sp³-hybridized carbons (Fsp3) is 0.286. The van der Waals surface area contributed by atoms with Crippen LogP contribution in [-0.4, -0.2) is 34.9 Å². The Hall–Kier alpha value is -3.06. The quantitative estimate of drug-likeness (QED) is 0.298. The van der Waals surface area contributed by atoms with Crippen molar-refractivity contribution in [2.45, 2.75) is 35.8 Å². The first-order chi connectivity index (χ1) is 15.8. The smallest absolute Gasteiger partial charge is 0.246 e. The van der Waals surface area contributed by atoms with Gasteiger partial charge in [-0.05, 0) is 23.3 Å². The lowest BCUT2D eigenvalue weighted by atomic mass is 9.91. The van der Waals surface area contributed by atoms with Crippen LogP contribution in [0.25, 0.3) is 22.0 Å². The Morgan fingerprint density at radius 1 is 0.514 bits per heavy atom. The zero-order chi connectivity index (χ0) is 26.7. The minimum absolute atomic E-state index is 0.0299. The van der Waals surface area contributed by atoms with E-state index in [0.717, 1.165) is 6.07 Å². The summed E-state index contributed by atoms with van der Waals surface area (Å²) >= 11 is 0. The first-order valence-corrected chi connectivity index (χ1v) is 9.22. The number of nitrogens with zero attached hydrogens (tertiary/aromatic N) is 1. The molecule has 0 unspecified atom stereocenters. The number of fused-ring (bicyclic) bond motifs is 1. The maximum Gasteiger partial charge on any atom is 0.460 e. The van der Waals surface area contributed by atoms with Gasteiger partial charge in [-0.1, -0.05) is 48.5 Å². The average molecular weight is 523 g/mol. The zero-order valence-corrected chi connectivity index (χ0v) is 16.6. The molecule has 190 valence electrons. The minimum atomic E-state index is -7.97. The molecule has 1 aromatic heterocycles. The molecule has 0 aliphatic rings. The standard InChI is InChI=1S/C21H10F13N/c22-16(23,17(24,25)18(26,27)19(28,29)20(30,31)21(32,33)34)15-10-13(11-6-2-1-3-7-11)12-8-4-5-9-14(12)35-15/h1-10H. The van der Waals surface area contributed by atoms with Crippen LogP contribution >= 0.6 is 0 Å². The summed E-state index contributed by atoms with van der Waals surface area (Å²) in [5.74, 6) is -37.5. The van der Waals surface area contributed by atoms with Gasteiger partial charge in [0.05, 0.1) is 5.52 Å². The molecule has 2 aromatic carbocycles. The van der Waals surface area contributed by atoms with Gasteiger partial charge in [0.1, 0.15) is 5.69 Å². The topological polar surface area (TPSA) is 12.9 Å². The van der Waals surface area contributed by atoms with E-state index < -0.39 is 47.0 Å². The molecular weight excluding hydrogens is 513 g/mol. The SMILES string of the molecule is FC(F)(F)C(F)(F)C(F)(F)C(F)(F)C(F)(F)C(F)(F)c1cc(-c2ccccc2)c2ccccc2n1. The Morgan fingerprint density at radius 3 is 1.54 bits per heavy atom. The number of rotatable bonds is 6. The van der Waals surface area contributed by atoms with Gasteiger partial charge in [0, 0.05) is 5.39 Å². The number of hydrogen-bond donors (Lipinski definition) is 0. The van der Waals surface area contributed by atoms with Crippen LogP contribution < -0.4 is 0 Å². The lowest BCUT2D eigenvalue weighted by Crippen LogP contribution is -2.69. The van der Waals surface area contributed by atoms with Crippen LogP contribution in [0.1, 0.15) is 5.69 Å². The zero-order valence-electron chi connectivity index (χ0n) is 16.6. The van der Waals surface area contributed by atoms with Gasteiger partial charge in [-0.25, -0.2) is 4.98 Å². The summed E-state index contributed by atoms with van der Waals surface area (Å²) < 4.78 is 176. The number of aromatic nitrogens is 1. The Morgan fingerprint density at radius 2 is 1.00 bits per heavy atom. The van der Waals surface area contributed by atoms with Gasteiger partial charge in [0.25, 0.3) is 0 Å². The maximum atomic E-state index is 14.7. The fourth-order valence-electron chi connectivity index (χ4n) is 3.12. The summed E-state index contributed by atoms with van der Waals surface area (Å²) in [5.41, 5.74) is -3.01. The van der Waals surface area contributed by atoms with E-state index in [1.165, 1.54) is 48.5 Å². The van der Waals surface area contributed by atoms with E-state index in [4.69, 9.17) is 0 Å². The fourth-order valence-corrected chi connectivity index (χ4v) is 3.12. The highest BCUT2D eigenvalue weighted by Crippen LogP contribution is 2.62. The van der Waals surface area contributed by atoms with Crippen molar-refractivity contribution in [2.24, 2.45) is 0 Å². The van der Waals surface area contributed by atoms with Crippen molar-refractivity contribution in [3.05, 3.63) is 66.4 Å². The molecule has 0 N–H and O–H groups in total. The third kappa shape index (κ3) is 3.77. The molecule has 0 atom stereocenters. The van der Waals surface area contributed by atoms with Crippen molar-refractivity contribution in [3.63, 3.8) is 0 Å². The Labute approximate surface area is 187 Å². The third-order valence-corrected chi connectivity index (χ3v) is 5.06. The van der Waals surface area contributed by atoms with Crippen molar-refractivity contribution in [1.29, 1.82) is 0 Å². The first-order valence-electron chi connectivity index (χ1n) is 9.22. The molecule has 0 aliphatic carbocycles. The van der Waals surface area contributed by atoms with Crippen LogP contribution in [-0.2, 0) is 5.92 Å². The lowest BCUT2D eigenvalue weighted by Gasteiger charge is -2.39. The number of hydrogen-bond acceptors (Lipinski definition) is 1. The third-order valence-electron chi connectivity index (χ3n) is 5.06. The van der Waals surface area contributed by atoms with Crippen LogP contribution in [0.5, 0.6) is 0 Å². The molecule has 0 radical (unpaired) electrons. The lowest BCUT2D eigenvalue weighted by molar-refractivity contribution is -0.442. The van der Waals surface area contributed by atoms with E-state index >= 15 is 0 Å². The highest BCUT2D eigenvalue weighted by molar-refractivity contribution is 5.94. The highest BCUT2D eigenvalue weighted by atomic mass is 19.4. The average Bonchev–Trinajstić information content (AvgIpc) is 2.77. The van der Waals surface area contributed by atoms with E-state index in [1.54, 1.807) is 0 Å². The Bertz CT molecular complexity index is 1220. The predicted octanol–water partition coefficient (Wildman–Crippen LogP) is 8.10. The molecular formula is C21H10F13N. The van der Waals surface area contributed by atoms with Crippen molar-refractivity contribution >= 4 is 10.9 Å². The summed E-state index contributed by atoms with van der Waals surface area (Å²) in [7, 11) is 0. The molecule has 1 nitrogen and oxygen atoms in total. The molecule has 0 amide bonds. The molecule has 0 aliphatic heterocycles. The van der Waals surface area contributed by atoms with Crippen molar-refractivity contribution in [1.82, 2.24) is 4.98 Å². The van der Waals surface area contributed by atoms with Gasteiger partial charge in [-0.15, -0.1) is 0 Å². The second kappa shape index (κ2) is 7.98. The van der Waals surface area contributed by atoms with Crippen LogP contribution in [0.15, 0.2) is 60.7 Å². The van der Waals surface area contributed by atoms with Gasteiger partial charge < -0.3 is 0 Å². The summed E-state index contributed by atoms with van der Waals surface area (Å²) in [5, 5.41) is 0.0299. The van der Waals surface area contributed by atoms with Crippen LogP contribution in [0.2, 0.25) is 0 Å². The van der Waals surface area contributed by atoms with Gasteiger partial charge in [0.15, 0.2) is 0 Å². The Balaban J connectivity index is 2.24. The minimum Gasteiger partial charge on any atom is -0.246 e. The molecule has 0 saturated carbocycles. The van der Waals surface area contributed by atoms with Gasteiger partial charge in [0.2, 0.25) is 0 Å². The van der Waals surface area contributed by atoms with E-state index in [-0.39, 0.29) is 22.6 Å². The van der Waals surface area contributed by atoms with E-state index in [0.29, 0.717) is 0 Å². The number of benzene rings is 2. The number of para-hydroxylation sites is 1.